The van der Waals surface area contributed by atoms with Gasteiger partial charge in [-0.3, -0.25) is 0 Å². The number of hydrogen-bond donors (Lipinski definition) is 1. The Labute approximate surface area is 80.1 Å². The Kier molecular flexibility index (Phi) is 15.6. The summed E-state index contributed by atoms with van der Waals surface area (Å²) in [7, 11) is 0. The van der Waals surface area contributed by atoms with Crippen LogP contribution in [0.25, 0.3) is 0 Å². The van der Waals surface area contributed by atoms with Gasteiger partial charge in [-0.2, -0.15) is 0 Å². The molecule has 0 aliphatic carbocycles. The Hall–Kier alpha value is -0.800. The molecule has 0 radical (unpaired) electrons. The predicted octanol–water partition coefficient (Wildman–Crippen LogP) is 3.41. The molecule has 0 saturated carbocycles. The minimum Gasteiger partial charge on any atom is -0.328 e. The molecule has 0 unspecified atom stereocenters. The monoisotopic (exact) mass is 191 g/mol. The molecule has 0 amide bonds. The lowest BCUT2D eigenvalue weighted by atomic mass is 10.1. The third-order valence-electron chi connectivity index (χ3n) is 1.71. The second-order valence-corrected chi connectivity index (χ2v) is 3.01. The molecule has 0 saturated heterocycles. The number of rotatable bonds is 6. The summed E-state index contributed by atoms with van der Waals surface area (Å²) < 4.78 is 0. The zero-order chi connectivity index (χ0) is 10.5. The maximum absolute atomic E-state index is 8.36. The van der Waals surface area contributed by atoms with E-state index >= 15 is 0 Å². The summed E-state index contributed by atoms with van der Waals surface area (Å²) in [6, 6.07) is 0. The first-order valence-corrected chi connectivity index (χ1v) is 4.98. The minimum absolute atomic E-state index is 1.37. The number of unbranched alkanes of at least 4 members (excludes halogenated alkanes) is 6. The fraction of sp³-hybridized carbons (Fsp3) is 1.00. The Morgan fingerprint density at radius 3 is 1.46 bits per heavy atom. The highest BCUT2D eigenvalue weighted by Gasteiger charge is 1.85. The maximum atomic E-state index is 8.36. The highest BCUT2D eigenvalue weighted by Crippen LogP contribution is 2.05. The van der Waals surface area contributed by atoms with Crippen molar-refractivity contribution < 1.29 is 10.3 Å². The lowest BCUT2D eigenvalue weighted by molar-refractivity contribution is -0.742. The van der Waals surface area contributed by atoms with Gasteiger partial charge in [-0.05, 0) is 0 Å². The minimum atomic E-state index is -1.50. The molecule has 0 aromatic carbocycles. The van der Waals surface area contributed by atoms with E-state index in [4.69, 9.17) is 15.3 Å². The van der Waals surface area contributed by atoms with Crippen LogP contribution in [0.3, 0.4) is 0 Å². The summed E-state index contributed by atoms with van der Waals surface area (Å²) in [6.45, 7) is 4.53. The molecule has 80 valence electrons. The van der Waals surface area contributed by atoms with Gasteiger partial charge in [-0.1, -0.05) is 58.8 Å². The van der Waals surface area contributed by atoms with E-state index in [0.717, 1.165) is 0 Å². The standard InChI is InChI=1S/C9H20.HNO3/c1-3-5-7-9-8-6-4-2;2-1(3)4/h3-9H2,1-2H3;(H,2,3,4). The van der Waals surface area contributed by atoms with Gasteiger partial charge in [0.1, 0.15) is 0 Å². The summed E-state index contributed by atoms with van der Waals surface area (Å²) in [5.41, 5.74) is 0. The first-order valence-electron chi connectivity index (χ1n) is 4.98. The summed E-state index contributed by atoms with van der Waals surface area (Å²) in [4.78, 5) is 8.36. The summed E-state index contributed by atoms with van der Waals surface area (Å²) in [5, 5.41) is 13.6. The zero-order valence-corrected chi connectivity index (χ0v) is 8.66. The van der Waals surface area contributed by atoms with Crippen LogP contribution in [0.5, 0.6) is 0 Å². The van der Waals surface area contributed by atoms with Crippen LogP contribution in [-0.2, 0) is 0 Å². The van der Waals surface area contributed by atoms with Crippen molar-refractivity contribution in [1.29, 1.82) is 0 Å². The maximum Gasteiger partial charge on any atom is 0.291 e. The Bertz CT molecular complexity index is 97.0. The quantitative estimate of drug-likeness (QED) is 0.397. The molecular weight excluding hydrogens is 170 g/mol. The second kappa shape index (κ2) is 13.8. The van der Waals surface area contributed by atoms with Crippen LogP contribution in [0.4, 0.5) is 0 Å². The molecule has 4 heteroatoms. The molecule has 1 N–H and O–H groups in total. The van der Waals surface area contributed by atoms with E-state index in [0.29, 0.717) is 0 Å². The highest BCUT2D eigenvalue weighted by molar-refractivity contribution is 4.41. The molecular formula is C9H21NO3. The Morgan fingerprint density at radius 1 is 1.00 bits per heavy atom. The van der Waals surface area contributed by atoms with Gasteiger partial charge in [-0.15, -0.1) is 10.1 Å². The van der Waals surface area contributed by atoms with E-state index in [2.05, 4.69) is 13.8 Å². The molecule has 0 aromatic rings. The first kappa shape index (κ1) is 14.7. The SMILES string of the molecule is CCCCCCCCC.O=[N+]([O-])O. The molecule has 0 aromatic heterocycles. The smallest absolute Gasteiger partial charge is 0.291 e. The number of nitrogens with zero attached hydrogens (tertiary/aromatic N) is 1. The molecule has 4 nitrogen and oxygen atoms in total. The van der Waals surface area contributed by atoms with E-state index < -0.39 is 5.09 Å². The first-order chi connectivity index (χ1) is 6.15. The molecule has 0 atom stereocenters. The van der Waals surface area contributed by atoms with Gasteiger partial charge in [0.25, 0.3) is 5.09 Å². The topological polar surface area (TPSA) is 63.4 Å². The van der Waals surface area contributed by atoms with Crippen molar-refractivity contribution in [3.63, 3.8) is 0 Å². The van der Waals surface area contributed by atoms with Gasteiger partial charge in [-0.25, -0.2) is 0 Å². The molecule has 0 aliphatic rings. The van der Waals surface area contributed by atoms with Crippen molar-refractivity contribution in [2.75, 3.05) is 0 Å². The van der Waals surface area contributed by atoms with Crippen LogP contribution in [0.15, 0.2) is 0 Å². The lowest BCUT2D eigenvalue weighted by Crippen LogP contribution is -1.81. The van der Waals surface area contributed by atoms with Crippen molar-refractivity contribution in [1.82, 2.24) is 0 Å². The summed E-state index contributed by atoms with van der Waals surface area (Å²) in [6.07, 6.45) is 9.97. The molecule has 0 heterocycles. The van der Waals surface area contributed by atoms with Gasteiger partial charge in [0.2, 0.25) is 0 Å². The van der Waals surface area contributed by atoms with Gasteiger partial charge >= 0.3 is 0 Å². The fourth-order valence-corrected chi connectivity index (χ4v) is 1.03. The van der Waals surface area contributed by atoms with Gasteiger partial charge in [0, 0.05) is 0 Å². The van der Waals surface area contributed by atoms with Crippen LogP contribution < -0.4 is 0 Å². The summed E-state index contributed by atoms with van der Waals surface area (Å²) in [5.74, 6) is 0. The van der Waals surface area contributed by atoms with Crippen molar-refractivity contribution in [3.05, 3.63) is 10.1 Å². The Morgan fingerprint density at radius 2 is 1.23 bits per heavy atom. The van der Waals surface area contributed by atoms with Gasteiger partial charge < -0.3 is 5.21 Å². The zero-order valence-electron chi connectivity index (χ0n) is 8.66. The van der Waals surface area contributed by atoms with Gasteiger partial charge in [0.15, 0.2) is 0 Å². The second-order valence-electron chi connectivity index (χ2n) is 3.01. The van der Waals surface area contributed by atoms with E-state index in [1.54, 1.807) is 0 Å². The average molecular weight is 191 g/mol. The van der Waals surface area contributed by atoms with Gasteiger partial charge in [0.05, 0.1) is 0 Å². The van der Waals surface area contributed by atoms with Crippen LogP contribution >= 0.6 is 0 Å². The Balaban J connectivity index is 0. The van der Waals surface area contributed by atoms with Crippen LogP contribution in [0.1, 0.15) is 58.8 Å². The molecule has 0 fully saturated rings. The average Bonchev–Trinajstić information content (AvgIpc) is 2.03. The van der Waals surface area contributed by atoms with E-state index in [9.17, 15) is 0 Å². The molecule has 0 bridgehead atoms. The van der Waals surface area contributed by atoms with Crippen molar-refractivity contribution >= 4 is 0 Å². The van der Waals surface area contributed by atoms with Crippen molar-refractivity contribution in [2.45, 2.75) is 58.8 Å². The third-order valence-corrected chi connectivity index (χ3v) is 1.71. The summed E-state index contributed by atoms with van der Waals surface area (Å²) >= 11 is 0. The highest BCUT2D eigenvalue weighted by atomic mass is 16.9. The number of hydrogen-bond acceptors (Lipinski definition) is 2. The fourth-order valence-electron chi connectivity index (χ4n) is 1.03. The molecule has 0 rings (SSSR count). The normalized spacial score (nSPS) is 8.77. The molecule has 13 heavy (non-hydrogen) atoms. The van der Waals surface area contributed by atoms with E-state index in [-0.39, 0.29) is 0 Å². The third kappa shape index (κ3) is 35.1. The lowest BCUT2D eigenvalue weighted by Gasteiger charge is -1.96. The molecule has 0 aliphatic heterocycles. The van der Waals surface area contributed by atoms with E-state index in [1.807, 2.05) is 0 Å². The van der Waals surface area contributed by atoms with Crippen LogP contribution in [0, 0.1) is 10.1 Å². The van der Waals surface area contributed by atoms with Crippen LogP contribution in [-0.4, -0.2) is 10.3 Å². The predicted molar refractivity (Wildman–Crippen MR) is 52.4 cm³/mol. The van der Waals surface area contributed by atoms with E-state index in [1.165, 1.54) is 44.9 Å². The molecule has 0 spiro atoms. The largest absolute Gasteiger partial charge is 0.328 e. The van der Waals surface area contributed by atoms with Crippen LogP contribution in [0.2, 0.25) is 0 Å². The van der Waals surface area contributed by atoms with Crippen molar-refractivity contribution in [2.24, 2.45) is 0 Å². The van der Waals surface area contributed by atoms with Crippen molar-refractivity contribution in [3.8, 4) is 0 Å².